The number of phenolic OH excluding ortho intramolecular Hbond substituents is 1. The first-order valence-electron chi connectivity index (χ1n) is 14.0. The van der Waals surface area contributed by atoms with Gasteiger partial charge in [-0.25, -0.2) is 13.2 Å². The summed E-state index contributed by atoms with van der Waals surface area (Å²) in [5, 5.41) is 39.1. The van der Waals surface area contributed by atoms with Crippen LogP contribution in [0.25, 0.3) is 16.7 Å². The summed E-state index contributed by atoms with van der Waals surface area (Å²) in [6.07, 6.45) is -0.694. The number of rotatable bonds is 12. The molecule has 0 saturated heterocycles. The van der Waals surface area contributed by atoms with Crippen molar-refractivity contribution >= 4 is 32.8 Å². The average Bonchev–Trinajstić information content (AvgIpc) is 3.39. The van der Waals surface area contributed by atoms with Crippen LogP contribution in [0, 0.1) is 0 Å². The number of phenols is 1. The van der Waals surface area contributed by atoms with Crippen LogP contribution in [0.5, 0.6) is 5.75 Å². The normalized spacial score (nSPS) is 12.6. The molecule has 1 aromatic heterocycles. The highest BCUT2D eigenvalue weighted by molar-refractivity contribution is 7.91. The van der Waals surface area contributed by atoms with Gasteiger partial charge in [-0.05, 0) is 66.6 Å². The second-order valence-electron chi connectivity index (χ2n) is 11.5. The third-order valence-corrected chi connectivity index (χ3v) is 8.77. The number of hydrogen-bond acceptors (Lipinski definition) is 9. The zero-order chi connectivity index (χ0) is 32.2. The number of nitrogens with zero attached hydrogens (tertiary/aromatic N) is 3. The number of aryl methyl sites for hydroxylation is 1. The molecule has 0 saturated carbocycles. The summed E-state index contributed by atoms with van der Waals surface area (Å²) < 4.78 is 31.3. The molecule has 1 atom stereocenters. The van der Waals surface area contributed by atoms with Gasteiger partial charge in [0.15, 0.2) is 0 Å². The molecule has 0 spiro atoms. The predicted octanol–water partition coefficient (Wildman–Crippen LogP) is 4.86. The summed E-state index contributed by atoms with van der Waals surface area (Å²) in [5.74, 6) is -1.81. The monoisotopic (exact) mass is 621 g/mol. The van der Waals surface area contributed by atoms with Gasteiger partial charge in [0, 0.05) is 24.0 Å². The van der Waals surface area contributed by atoms with E-state index in [9.17, 15) is 28.2 Å². The molecule has 4 aromatic rings. The third-order valence-electron chi connectivity index (χ3n) is 7.01. The number of esters is 1. The standard InChI is InChI=1S/C32H35N3O8S/c1-20(31(39)40)9-8-12-28(36)43-29(37)16-13-21-17-24(32(2,3)4)30(38)27(18-21)35-33-25-15-14-23(19-26(25)34-35)44(41,42)22-10-6-5-7-11-22/h5-7,10-11,14-15,17-19,28,36,38H,1,8-9,12-13,16H2,2-4H3,(H,39,40). The van der Waals surface area contributed by atoms with Crippen molar-refractivity contribution in [2.75, 3.05) is 0 Å². The van der Waals surface area contributed by atoms with Crippen LogP contribution in [0.4, 0.5) is 0 Å². The maximum absolute atomic E-state index is 13.1. The second kappa shape index (κ2) is 13.0. The van der Waals surface area contributed by atoms with E-state index < -0.39 is 33.5 Å². The van der Waals surface area contributed by atoms with Gasteiger partial charge in [0.25, 0.3) is 0 Å². The van der Waals surface area contributed by atoms with E-state index in [1.54, 1.807) is 36.4 Å². The van der Waals surface area contributed by atoms with Crippen molar-refractivity contribution in [1.29, 1.82) is 0 Å². The molecule has 0 bridgehead atoms. The molecule has 0 aliphatic rings. The highest BCUT2D eigenvalue weighted by Gasteiger charge is 2.25. The topological polar surface area (TPSA) is 169 Å². The lowest BCUT2D eigenvalue weighted by molar-refractivity contribution is -0.168. The minimum absolute atomic E-state index is 0.0125. The summed E-state index contributed by atoms with van der Waals surface area (Å²) in [6, 6.07) is 15.9. The number of fused-ring (bicyclic) bond motifs is 1. The molecule has 0 radical (unpaired) electrons. The van der Waals surface area contributed by atoms with Gasteiger partial charge in [-0.1, -0.05) is 51.6 Å². The second-order valence-corrected chi connectivity index (χ2v) is 13.4. The maximum Gasteiger partial charge on any atom is 0.330 e. The van der Waals surface area contributed by atoms with Crippen LogP contribution in [0.2, 0.25) is 0 Å². The Labute approximate surface area is 255 Å². The molecule has 0 fully saturated rings. The van der Waals surface area contributed by atoms with Gasteiger partial charge in [-0.15, -0.1) is 15.0 Å². The van der Waals surface area contributed by atoms with Crippen molar-refractivity contribution in [1.82, 2.24) is 15.0 Å². The van der Waals surface area contributed by atoms with Crippen LogP contribution in [0.15, 0.2) is 82.6 Å². The van der Waals surface area contributed by atoms with E-state index in [1.165, 1.54) is 29.1 Å². The van der Waals surface area contributed by atoms with Gasteiger partial charge < -0.3 is 20.1 Å². The molecule has 1 unspecified atom stereocenters. The molecule has 44 heavy (non-hydrogen) atoms. The van der Waals surface area contributed by atoms with E-state index in [4.69, 9.17) is 9.84 Å². The Balaban J connectivity index is 1.56. The number of aromatic hydroxyl groups is 1. The number of aliphatic hydroxyl groups is 1. The molecule has 0 aliphatic heterocycles. The first-order chi connectivity index (χ1) is 20.7. The molecule has 1 heterocycles. The number of aromatic nitrogens is 3. The summed E-state index contributed by atoms with van der Waals surface area (Å²) in [7, 11) is -3.78. The Morgan fingerprint density at radius 2 is 1.66 bits per heavy atom. The highest BCUT2D eigenvalue weighted by atomic mass is 32.2. The first kappa shape index (κ1) is 32.4. The van der Waals surface area contributed by atoms with E-state index in [2.05, 4.69) is 16.8 Å². The Hall–Kier alpha value is -4.55. The maximum atomic E-state index is 13.1. The smallest absolute Gasteiger partial charge is 0.330 e. The predicted molar refractivity (Wildman–Crippen MR) is 162 cm³/mol. The quantitative estimate of drug-likeness (QED) is 0.113. The summed E-state index contributed by atoms with van der Waals surface area (Å²) in [5.41, 5.74) is 1.78. The van der Waals surface area contributed by atoms with Crippen LogP contribution in [-0.2, 0) is 36.0 Å². The summed E-state index contributed by atoms with van der Waals surface area (Å²) >= 11 is 0. The third kappa shape index (κ3) is 7.50. The molecule has 11 nitrogen and oxygen atoms in total. The van der Waals surface area contributed by atoms with Crippen LogP contribution >= 0.6 is 0 Å². The van der Waals surface area contributed by atoms with E-state index in [1.807, 2.05) is 20.8 Å². The molecular weight excluding hydrogens is 586 g/mol. The van der Waals surface area contributed by atoms with Crippen molar-refractivity contribution in [2.24, 2.45) is 0 Å². The number of aliphatic hydroxyl groups excluding tert-OH is 1. The van der Waals surface area contributed by atoms with Crippen molar-refractivity contribution in [3.63, 3.8) is 0 Å². The number of carboxylic acid groups (broad SMARTS) is 1. The van der Waals surface area contributed by atoms with Crippen molar-refractivity contribution in [3.05, 3.63) is 83.9 Å². The zero-order valence-corrected chi connectivity index (χ0v) is 25.5. The van der Waals surface area contributed by atoms with Crippen molar-refractivity contribution in [2.45, 2.75) is 74.4 Å². The summed E-state index contributed by atoms with van der Waals surface area (Å²) in [4.78, 5) is 24.7. The van der Waals surface area contributed by atoms with Gasteiger partial charge in [-0.2, -0.15) is 0 Å². The van der Waals surface area contributed by atoms with Crippen molar-refractivity contribution < 1.29 is 38.1 Å². The van der Waals surface area contributed by atoms with Gasteiger partial charge in [-0.3, -0.25) is 4.79 Å². The average molecular weight is 622 g/mol. The fraction of sp³-hybridized carbons (Fsp3) is 0.312. The van der Waals surface area contributed by atoms with Crippen LogP contribution in [-0.4, -0.2) is 57.0 Å². The lowest BCUT2D eigenvalue weighted by Crippen LogP contribution is -2.18. The van der Waals surface area contributed by atoms with E-state index in [-0.39, 0.29) is 52.5 Å². The molecular formula is C32H35N3O8S. The zero-order valence-electron chi connectivity index (χ0n) is 24.7. The number of aliphatic carboxylic acids is 1. The van der Waals surface area contributed by atoms with Crippen LogP contribution in [0.3, 0.4) is 0 Å². The molecule has 4 rings (SSSR count). The molecule has 0 aliphatic carbocycles. The number of sulfone groups is 1. The number of carbonyl (C=O) groups excluding carboxylic acids is 1. The van der Waals surface area contributed by atoms with Gasteiger partial charge in [0.1, 0.15) is 22.5 Å². The Bertz CT molecular complexity index is 1810. The Morgan fingerprint density at radius 3 is 2.32 bits per heavy atom. The van der Waals surface area contributed by atoms with E-state index >= 15 is 0 Å². The number of hydrogen-bond donors (Lipinski definition) is 3. The van der Waals surface area contributed by atoms with Gasteiger partial charge >= 0.3 is 11.9 Å². The molecule has 232 valence electrons. The molecule has 3 N–H and O–H groups in total. The minimum atomic E-state index is -3.78. The fourth-order valence-electron chi connectivity index (χ4n) is 4.56. The van der Waals surface area contributed by atoms with Gasteiger partial charge in [0.2, 0.25) is 16.1 Å². The molecule has 12 heteroatoms. The number of ether oxygens (including phenoxy) is 1. The summed E-state index contributed by atoms with van der Waals surface area (Å²) in [6.45, 7) is 9.20. The lowest BCUT2D eigenvalue weighted by atomic mass is 9.84. The van der Waals surface area contributed by atoms with Gasteiger partial charge in [0.05, 0.1) is 9.79 Å². The number of carboxylic acids is 1. The van der Waals surface area contributed by atoms with Crippen LogP contribution < -0.4 is 0 Å². The Kier molecular flexibility index (Phi) is 9.55. The van der Waals surface area contributed by atoms with Crippen LogP contribution in [0.1, 0.15) is 57.6 Å². The highest BCUT2D eigenvalue weighted by Crippen LogP contribution is 2.37. The molecule has 3 aromatic carbocycles. The van der Waals surface area contributed by atoms with E-state index in [0.29, 0.717) is 28.6 Å². The SMILES string of the molecule is C=C(CCCC(O)OC(=O)CCc1cc(-n2nc3ccc(S(=O)(=O)c4ccccc4)cc3n2)c(O)c(C(C)(C)C)c1)C(=O)O. The minimum Gasteiger partial charge on any atom is -0.505 e. The number of carbonyl (C=O) groups is 2. The first-order valence-corrected chi connectivity index (χ1v) is 15.5. The van der Waals surface area contributed by atoms with Crippen molar-refractivity contribution in [3.8, 4) is 11.4 Å². The largest absolute Gasteiger partial charge is 0.505 e. The van der Waals surface area contributed by atoms with E-state index in [0.717, 1.165) is 0 Å². The number of benzene rings is 3. The fourth-order valence-corrected chi connectivity index (χ4v) is 5.87. The Morgan fingerprint density at radius 1 is 0.977 bits per heavy atom. The molecule has 0 amide bonds. The lowest BCUT2D eigenvalue weighted by Gasteiger charge is -2.23.